The zero-order chi connectivity index (χ0) is 12.7. The molecule has 0 heterocycles. The van der Waals surface area contributed by atoms with Crippen molar-refractivity contribution >= 4 is 0 Å². The Morgan fingerprint density at radius 3 is 2.24 bits per heavy atom. The summed E-state index contributed by atoms with van der Waals surface area (Å²) in [6.45, 7) is 4.54. The van der Waals surface area contributed by atoms with Gasteiger partial charge in [0.1, 0.15) is 0 Å². The van der Waals surface area contributed by atoms with Crippen LogP contribution in [0.2, 0.25) is 0 Å². The predicted octanol–water partition coefficient (Wildman–Crippen LogP) is 2.99. The first kappa shape index (κ1) is 14.9. The van der Waals surface area contributed by atoms with Gasteiger partial charge in [0.25, 0.3) is 0 Å². The Labute approximate surface area is 106 Å². The van der Waals surface area contributed by atoms with Crippen molar-refractivity contribution < 1.29 is 4.74 Å². The van der Waals surface area contributed by atoms with E-state index in [1.165, 1.54) is 32.1 Å². The standard InChI is InChI=1S/C14H30N2O/c1-4-12(2)11-13(16-15)14(17-3)9-7-5-6-8-10-14/h12-13,16H,4-11,15H2,1-3H3. The van der Waals surface area contributed by atoms with Crippen LogP contribution in [0.1, 0.15) is 65.2 Å². The molecule has 0 spiro atoms. The van der Waals surface area contributed by atoms with Gasteiger partial charge < -0.3 is 4.74 Å². The second-order valence-corrected chi connectivity index (χ2v) is 5.65. The average Bonchev–Trinajstić information content (AvgIpc) is 2.61. The summed E-state index contributed by atoms with van der Waals surface area (Å²) in [7, 11) is 1.85. The molecule has 0 aromatic rings. The summed E-state index contributed by atoms with van der Waals surface area (Å²) in [6.07, 6.45) is 9.83. The van der Waals surface area contributed by atoms with E-state index in [0.29, 0.717) is 12.0 Å². The lowest BCUT2D eigenvalue weighted by molar-refractivity contribution is -0.0580. The lowest BCUT2D eigenvalue weighted by Crippen LogP contribution is -2.55. The summed E-state index contributed by atoms with van der Waals surface area (Å²) in [5.74, 6) is 6.49. The van der Waals surface area contributed by atoms with E-state index in [9.17, 15) is 0 Å². The number of ether oxygens (including phenoxy) is 1. The highest BCUT2D eigenvalue weighted by Crippen LogP contribution is 2.35. The summed E-state index contributed by atoms with van der Waals surface area (Å²) in [4.78, 5) is 0. The van der Waals surface area contributed by atoms with E-state index in [-0.39, 0.29) is 5.60 Å². The van der Waals surface area contributed by atoms with E-state index < -0.39 is 0 Å². The zero-order valence-electron chi connectivity index (χ0n) is 11.8. The van der Waals surface area contributed by atoms with Crippen LogP contribution in [0.5, 0.6) is 0 Å². The van der Waals surface area contributed by atoms with Crippen molar-refractivity contribution in [2.75, 3.05) is 7.11 Å². The van der Waals surface area contributed by atoms with Gasteiger partial charge in [0, 0.05) is 7.11 Å². The maximum absolute atomic E-state index is 5.91. The van der Waals surface area contributed by atoms with Crippen molar-refractivity contribution in [2.45, 2.75) is 76.9 Å². The Hall–Kier alpha value is -0.120. The second-order valence-electron chi connectivity index (χ2n) is 5.65. The first-order valence-corrected chi connectivity index (χ1v) is 7.19. The lowest BCUT2D eigenvalue weighted by Gasteiger charge is -2.40. The number of nitrogens with one attached hydrogen (secondary N) is 1. The van der Waals surface area contributed by atoms with E-state index in [1.54, 1.807) is 0 Å². The van der Waals surface area contributed by atoms with Gasteiger partial charge in [-0.25, -0.2) is 0 Å². The van der Waals surface area contributed by atoms with Crippen LogP contribution in [0.3, 0.4) is 0 Å². The van der Waals surface area contributed by atoms with Gasteiger partial charge in [-0.1, -0.05) is 46.0 Å². The molecule has 0 aromatic carbocycles. The maximum Gasteiger partial charge on any atom is 0.0844 e. The quantitative estimate of drug-likeness (QED) is 0.427. The number of nitrogens with two attached hydrogens (primary N) is 1. The van der Waals surface area contributed by atoms with Crippen LogP contribution >= 0.6 is 0 Å². The smallest absolute Gasteiger partial charge is 0.0844 e. The molecule has 17 heavy (non-hydrogen) atoms. The van der Waals surface area contributed by atoms with Gasteiger partial charge in [0.05, 0.1) is 11.6 Å². The van der Waals surface area contributed by atoms with E-state index in [4.69, 9.17) is 10.6 Å². The molecule has 3 nitrogen and oxygen atoms in total. The van der Waals surface area contributed by atoms with Crippen LogP contribution in [-0.4, -0.2) is 18.8 Å². The Balaban J connectivity index is 2.71. The van der Waals surface area contributed by atoms with Crippen molar-refractivity contribution in [1.82, 2.24) is 5.43 Å². The normalized spacial score (nSPS) is 24.0. The highest BCUT2D eigenvalue weighted by Gasteiger charge is 2.38. The lowest BCUT2D eigenvalue weighted by atomic mass is 9.81. The molecule has 0 aromatic heterocycles. The number of hydrazine groups is 1. The first-order valence-electron chi connectivity index (χ1n) is 7.19. The van der Waals surface area contributed by atoms with Crippen LogP contribution in [0.4, 0.5) is 0 Å². The molecule has 0 radical (unpaired) electrons. The molecule has 1 saturated carbocycles. The monoisotopic (exact) mass is 242 g/mol. The molecule has 0 bridgehead atoms. The summed E-state index contributed by atoms with van der Waals surface area (Å²) in [6, 6.07) is 0.292. The minimum absolute atomic E-state index is 0.0331. The number of rotatable bonds is 6. The molecule has 3 N–H and O–H groups in total. The van der Waals surface area contributed by atoms with E-state index in [0.717, 1.165) is 19.3 Å². The maximum atomic E-state index is 5.91. The van der Waals surface area contributed by atoms with Crippen LogP contribution in [0.25, 0.3) is 0 Å². The molecule has 1 fully saturated rings. The Kier molecular flexibility index (Phi) is 6.45. The highest BCUT2D eigenvalue weighted by atomic mass is 16.5. The molecular weight excluding hydrogens is 212 g/mol. The summed E-state index contributed by atoms with van der Waals surface area (Å²) < 4.78 is 5.91. The molecule has 1 aliphatic carbocycles. The molecule has 0 saturated heterocycles. The molecular formula is C14H30N2O. The predicted molar refractivity (Wildman–Crippen MR) is 72.6 cm³/mol. The van der Waals surface area contributed by atoms with Gasteiger partial charge >= 0.3 is 0 Å². The third kappa shape index (κ3) is 3.94. The highest BCUT2D eigenvalue weighted by molar-refractivity contribution is 4.94. The fourth-order valence-corrected chi connectivity index (χ4v) is 3.03. The summed E-state index contributed by atoms with van der Waals surface area (Å²) in [5.41, 5.74) is 3.00. The van der Waals surface area contributed by atoms with Crippen molar-refractivity contribution in [1.29, 1.82) is 0 Å². The molecule has 3 heteroatoms. The van der Waals surface area contributed by atoms with Gasteiger partial charge in [-0.2, -0.15) is 0 Å². The van der Waals surface area contributed by atoms with Crippen LogP contribution in [0.15, 0.2) is 0 Å². The topological polar surface area (TPSA) is 47.3 Å². The summed E-state index contributed by atoms with van der Waals surface area (Å²) >= 11 is 0. The fraction of sp³-hybridized carbons (Fsp3) is 1.00. The fourth-order valence-electron chi connectivity index (χ4n) is 3.03. The third-order valence-corrected chi connectivity index (χ3v) is 4.53. The van der Waals surface area contributed by atoms with Crippen molar-refractivity contribution in [3.8, 4) is 0 Å². The zero-order valence-corrected chi connectivity index (χ0v) is 11.8. The molecule has 1 aliphatic rings. The average molecular weight is 242 g/mol. The van der Waals surface area contributed by atoms with Crippen molar-refractivity contribution in [3.05, 3.63) is 0 Å². The van der Waals surface area contributed by atoms with Crippen molar-refractivity contribution in [3.63, 3.8) is 0 Å². The van der Waals surface area contributed by atoms with Gasteiger partial charge in [0.2, 0.25) is 0 Å². The number of hydrogen-bond acceptors (Lipinski definition) is 3. The molecule has 0 amide bonds. The Morgan fingerprint density at radius 1 is 1.24 bits per heavy atom. The number of methoxy groups -OCH3 is 1. The van der Waals surface area contributed by atoms with Gasteiger partial charge in [-0.15, -0.1) is 0 Å². The van der Waals surface area contributed by atoms with Crippen molar-refractivity contribution in [2.24, 2.45) is 11.8 Å². The molecule has 2 atom stereocenters. The molecule has 0 aliphatic heterocycles. The second kappa shape index (κ2) is 7.34. The Morgan fingerprint density at radius 2 is 1.82 bits per heavy atom. The molecule has 102 valence electrons. The Bertz CT molecular complexity index is 200. The minimum Gasteiger partial charge on any atom is -0.377 e. The molecule has 2 unspecified atom stereocenters. The number of hydrogen-bond donors (Lipinski definition) is 2. The summed E-state index contributed by atoms with van der Waals surface area (Å²) in [5, 5.41) is 0. The van der Waals surface area contributed by atoms with Gasteiger partial charge in [-0.3, -0.25) is 11.3 Å². The first-order chi connectivity index (χ1) is 8.18. The van der Waals surface area contributed by atoms with Crippen LogP contribution in [-0.2, 0) is 4.74 Å². The van der Waals surface area contributed by atoms with Crippen LogP contribution in [0, 0.1) is 5.92 Å². The largest absolute Gasteiger partial charge is 0.377 e. The molecule has 1 rings (SSSR count). The minimum atomic E-state index is -0.0331. The van der Waals surface area contributed by atoms with E-state index in [1.807, 2.05) is 7.11 Å². The van der Waals surface area contributed by atoms with E-state index >= 15 is 0 Å². The van der Waals surface area contributed by atoms with E-state index in [2.05, 4.69) is 19.3 Å². The SMILES string of the molecule is CCC(C)CC(NN)C1(OC)CCCCCC1. The van der Waals surface area contributed by atoms with Gasteiger partial charge in [-0.05, 0) is 25.2 Å². The third-order valence-electron chi connectivity index (χ3n) is 4.53. The van der Waals surface area contributed by atoms with Crippen LogP contribution < -0.4 is 11.3 Å². The van der Waals surface area contributed by atoms with Gasteiger partial charge in [0.15, 0.2) is 0 Å².